The summed E-state index contributed by atoms with van der Waals surface area (Å²) in [5, 5.41) is 8.79. The van der Waals surface area contributed by atoms with E-state index in [1.165, 1.54) is 0 Å². The van der Waals surface area contributed by atoms with Crippen molar-refractivity contribution in [1.29, 1.82) is 0 Å². The highest BCUT2D eigenvalue weighted by Gasteiger charge is 2.30. The van der Waals surface area contributed by atoms with Crippen molar-refractivity contribution in [3.8, 4) is 0 Å². The van der Waals surface area contributed by atoms with Gasteiger partial charge in [-0.3, -0.25) is 4.79 Å². The number of hydrogen-bond acceptors (Lipinski definition) is 1. The predicted molar refractivity (Wildman–Crippen MR) is 51.9 cm³/mol. The third-order valence-corrected chi connectivity index (χ3v) is 3.55. The molecule has 3 unspecified atom stereocenters. The van der Waals surface area contributed by atoms with Crippen molar-refractivity contribution in [3.05, 3.63) is 0 Å². The zero-order valence-corrected chi connectivity index (χ0v) is 8.74. The standard InChI is InChI=1S/C8H13IO2/c1-5-4-6(9)2-3-7(5)8(10)11/h5-7H,2-4H2,1H3,(H,10,11). The monoisotopic (exact) mass is 268 g/mol. The number of aliphatic carboxylic acids is 1. The van der Waals surface area contributed by atoms with Crippen molar-refractivity contribution in [2.24, 2.45) is 11.8 Å². The Morgan fingerprint density at radius 3 is 2.64 bits per heavy atom. The lowest BCUT2D eigenvalue weighted by Crippen LogP contribution is -2.28. The van der Waals surface area contributed by atoms with Crippen LogP contribution in [0.5, 0.6) is 0 Å². The van der Waals surface area contributed by atoms with Crippen molar-refractivity contribution in [2.45, 2.75) is 30.1 Å². The summed E-state index contributed by atoms with van der Waals surface area (Å²) in [6, 6.07) is 0. The lowest BCUT2D eigenvalue weighted by molar-refractivity contribution is -0.144. The van der Waals surface area contributed by atoms with Gasteiger partial charge in [-0.15, -0.1) is 0 Å². The van der Waals surface area contributed by atoms with E-state index in [9.17, 15) is 4.79 Å². The van der Waals surface area contributed by atoms with Crippen molar-refractivity contribution >= 4 is 28.6 Å². The Morgan fingerprint density at radius 1 is 1.55 bits per heavy atom. The fourth-order valence-corrected chi connectivity index (χ4v) is 2.86. The first kappa shape index (κ1) is 9.29. The van der Waals surface area contributed by atoms with E-state index in [4.69, 9.17) is 5.11 Å². The van der Waals surface area contributed by atoms with Crippen LogP contribution in [0.15, 0.2) is 0 Å². The summed E-state index contributed by atoms with van der Waals surface area (Å²) >= 11 is 2.41. The number of carboxylic acids is 1. The van der Waals surface area contributed by atoms with E-state index in [0.717, 1.165) is 19.3 Å². The first-order valence-electron chi connectivity index (χ1n) is 3.98. The summed E-state index contributed by atoms with van der Waals surface area (Å²) in [6.07, 6.45) is 3.00. The molecule has 0 amide bonds. The van der Waals surface area contributed by atoms with E-state index >= 15 is 0 Å². The largest absolute Gasteiger partial charge is 0.481 e. The summed E-state index contributed by atoms with van der Waals surface area (Å²) in [5.74, 6) is -0.329. The van der Waals surface area contributed by atoms with E-state index in [2.05, 4.69) is 22.6 Å². The number of alkyl halides is 1. The summed E-state index contributed by atoms with van der Waals surface area (Å²) in [5.41, 5.74) is 0. The molecule has 1 fully saturated rings. The van der Waals surface area contributed by atoms with Crippen molar-refractivity contribution in [1.82, 2.24) is 0 Å². The van der Waals surface area contributed by atoms with Gasteiger partial charge in [0, 0.05) is 3.92 Å². The zero-order valence-electron chi connectivity index (χ0n) is 6.59. The van der Waals surface area contributed by atoms with Crippen LogP contribution in [-0.4, -0.2) is 15.0 Å². The van der Waals surface area contributed by atoms with E-state index in [1.54, 1.807) is 0 Å². The molecule has 0 spiro atoms. The Labute approximate surface area is 80.5 Å². The molecule has 11 heavy (non-hydrogen) atoms. The summed E-state index contributed by atoms with van der Waals surface area (Å²) in [6.45, 7) is 2.05. The fourth-order valence-electron chi connectivity index (χ4n) is 1.70. The molecule has 2 nitrogen and oxygen atoms in total. The minimum atomic E-state index is -0.610. The zero-order chi connectivity index (χ0) is 8.43. The van der Waals surface area contributed by atoms with Gasteiger partial charge in [0.1, 0.15) is 0 Å². The second kappa shape index (κ2) is 3.74. The molecule has 0 aliphatic heterocycles. The van der Waals surface area contributed by atoms with Crippen molar-refractivity contribution in [2.75, 3.05) is 0 Å². The minimum Gasteiger partial charge on any atom is -0.481 e. The smallest absolute Gasteiger partial charge is 0.306 e. The van der Waals surface area contributed by atoms with Gasteiger partial charge in [0.25, 0.3) is 0 Å². The average molecular weight is 268 g/mol. The van der Waals surface area contributed by atoms with Crippen LogP contribution in [0.2, 0.25) is 0 Å². The quantitative estimate of drug-likeness (QED) is 0.585. The van der Waals surface area contributed by atoms with Gasteiger partial charge >= 0.3 is 5.97 Å². The van der Waals surface area contributed by atoms with Gasteiger partial charge in [-0.25, -0.2) is 0 Å². The van der Waals surface area contributed by atoms with Crippen LogP contribution in [0, 0.1) is 11.8 Å². The molecular formula is C8H13IO2. The normalized spacial score (nSPS) is 38.5. The molecule has 0 aromatic heterocycles. The molecule has 0 radical (unpaired) electrons. The number of halogens is 1. The lowest BCUT2D eigenvalue weighted by Gasteiger charge is -2.28. The number of carboxylic acid groups (broad SMARTS) is 1. The molecule has 3 atom stereocenters. The lowest BCUT2D eigenvalue weighted by atomic mass is 9.80. The Hall–Kier alpha value is 0.200. The Kier molecular flexibility index (Phi) is 3.16. The topological polar surface area (TPSA) is 37.3 Å². The summed E-state index contributed by atoms with van der Waals surface area (Å²) < 4.78 is 0.693. The number of rotatable bonds is 1. The highest BCUT2D eigenvalue weighted by atomic mass is 127. The molecular weight excluding hydrogens is 255 g/mol. The molecule has 0 aromatic carbocycles. The van der Waals surface area contributed by atoms with Gasteiger partial charge in [-0.2, -0.15) is 0 Å². The number of carbonyl (C=O) groups is 1. The van der Waals surface area contributed by atoms with E-state index < -0.39 is 5.97 Å². The summed E-state index contributed by atoms with van der Waals surface area (Å²) in [4.78, 5) is 10.7. The molecule has 1 aliphatic carbocycles. The Morgan fingerprint density at radius 2 is 2.18 bits per heavy atom. The Balaban J connectivity index is 2.50. The summed E-state index contributed by atoms with van der Waals surface area (Å²) in [7, 11) is 0. The second-order valence-electron chi connectivity index (χ2n) is 3.33. The van der Waals surface area contributed by atoms with Gasteiger partial charge in [-0.1, -0.05) is 29.5 Å². The van der Waals surface area contributed by atoms with Gasteiger partial charge < -0.3 is 5.11 Å². The van der Waals surface area contributed by atoms with Crippen LogP contribution < -0.4 is 0 Å². The fraction of sp³-hybridized carbons (Fsp3) is 0.875. The molecule has 3 heteroatoms. The third kappa shape index (κ3) is 2.32. The predicted octanol–water partition coefficient (Wildman–Crippen LogP) is 2.31. The molecule has 1 aliphatic rings. The average Bonchev–Trinajstić information content (AvgIpc) is 1.85. The van der Waals surface area contributed by atoms with Gasteiger partial charge in [0.05, 0.1) is 5.92 Å². The van der Waals surface area contributed by atoms with Gasteiger partial charge in [0.15, 0.2) is 0 Å². The molecule has 0 saturated heterocycles. The maximum Gasteiger partial charge on any atom is 0.306 e. The highest BCUT2D eigenvalue weighted by molar-refractivity contribution is 14.1. The molecule has 0 aromatic rings. The molecule has 0 bridgehead atoms. The van der Waals surface area contributed by atoms with E-state index in [0.29, 0.717) is 9.84 Å². The van der Waals surface area contributed by atoms with Crippen molar-refractivity contribution in [3.63, 3.8) is 0 Å². The third-order valence-electron chi connectivity index (χ3n) is 2.42. The maximum absolute atomic E-state index is 10.7. The van der Waals surface area contributed by atoms with Crippen LogP contribution in [0.1, 0.15) is 26.2 Å². The van der Waals surface area contributed by atoms with Gasteiger partial charge in [0.2, 0.25) is 0 Å². The van der Waals surface area contributed by atoms with E-state index in [1.807, 2.05) is 6.92 Å². The van der Waals surface area contributed by atoms with Crippen LogP contribution in [0.4, 0.5) is 0 Å². The first-order chi connectivity index (χ1) is 5.11. The van der Waals surface area contributed by atoms with Crippen LogP contribution in [-0.2, 0) is 4.79 Å². The Bertz CT molecular complexity index is 158. The first-order valence-corrected chi connectivity index (χ1v) is 5.22. The molecule has 1 N–H and O–H groups in total. The SMILES string of the molecule is CC1CC(I)CCC1C(=O)O. The molecule has 1 rings (SSSR count). The molecule has 0 heterocycles. The van der Waals surface area contributed by atoms with Gasteiger partial charge in [-0.05, 0) is 25.2 Å². The number of hydrogen-bond donors (Lipinski definition) is 1. The van der Waals surface area contributed by atoms with E-state index in [-0.39, 0.29) is 5.92 Å². The van der Waals surface area contributed by atoms with Crippen molar-refractivity contribution < 1.29 is 9.90 Å². The van der Waals surface area contributed by atoms with Crippen LogP contribution in [0.25, 0.3) is 0 Å². The van der Waals surface area contributed by atoms with Crippen LogP contribution in [0.3, 0.4) is 0 Å². The second-order valence-corrected chi connectivity index (χ2v) is 5.09. The maximum atomic E-state index is 10.7. The molecule has 1 saturated carbocycles. The van der Waals surface area contributed by atoms with Crippen LogP contribution >= 0.6 is 22.6 Å². The minimum absolute atomic E-state index is 0.0824. The highest BCUT2D eigenvalue weighted by Crippen LogP contribution is 2.33. The molecule has 64 valence electrons.